The Morgan fingerprint density at radius 2 is 1.88 bits per heavy atom. The first-order chi connectivity index (χ1) is 11.6. The number of non-ortho nitro benzene ring substituents is 1. The Morgan fingerprint density at radius 3 is 2.54 bits per heavy atom. The molecule has 1 heterocycles. The summed E-state index contributed by atoms with van der Waals surface area (Å²) in [6.07, 6.45) is 2.15. The third-order valence-corrected chi connectivity index (χ3v) is 4.86. The molecule has 0 atom stereocenters. The van der Waals surface area contributed by atoms with Crippen LogP contribution in [0.1, 0.15) is 18.4 Å². The zero-order valence-corrected chi connectivity index (χ0v) is 14.9. The van der Waals surface area contributed by atoms with Crippen LogP contribution in [0.5, 0.6) is 0 Å². The number of benzene rings is 2. The van der Waals surface area contributed by atoms with Gasteiger partial charge in [0.2, 0.25) is 0 Å². The Kier molecular flexibility index (Phi) is 5.48. The first kappa shape index (κ1) is 16.9. The fourth-order valence-corrected chi connectivity index (χ4v) is 3.31. The van der Waals surface area contributed by atoms with E-state index < -0.39 is 0 Å². The van der Waals surface area contributed by atoms with E-state index in [2.05, 4.69) is 38.3 Å². The summed E-state index contributed by atoms with van der Waals surface area (Å²) in [7, 11) is 0. The van der Waals surface area contributed by atoms with Crippen molar-refractivity contribution >= 4 is 27.3 Å². The zero-order chi connectivity index (χ0) is 16.9. The van der Waals surface area contributed by atoms with Crippen LogP contribution < -0.4 is 5.32 Å². The number of nitrogens with one attached hydrogen (secondary N) is 1. The van der Waals surface area contributed by atoms with Gasteiger partial charge in [-0.2, -0.15) is 0 Å². The largest absolute Gasteiger partial charge is 0.382 e. The molecule has 1 N–H and O–H groups in total. The highest BCUT2D eigenvalue weighted by Crippen LogP contribution is 2.21. The fourth-order valence-electron chi connectivity index (χ4n) is 3.04. The van der Waals surface area contributed by atoms with Crippen LogP contribution >= 0.6 is 15.9 Å². The van der Waals surface area contributed by atoms with Gasteiger partial charge in [-0.15, -0.1) is 0 Å². The van der Waals surface area contributed by atoms with Crippen LogP contribution in [0.4, 0.5) is 11.4 Å². The molecule has 0 bridgehead atoms. The van der Waals surface area contributed by atoms with E-state index in [0.717, 1.165) is 48.2 Å². The second-order valence-electron chi connectivity index (χ2n) is 6.13. The molecule has 2 aromatic carbocycles. The molecule has 0 amide bonds. The summed E-state index contributed by atoms with van der Waals surface area (Å²) < 4.78 is 1.08. The highest BCUT2D eigenvalue weighted by Gasteiger charge is 2.19. The second kappa shape index (κ2) is 7.77. The van der Waals surface area contributed by atoms with Crippen molar-refractivity contribution in [3.63, 3.8) is 0 Å². The Balaban J connectivity index is 1.51. The van der Waals surface area contributed by atoms with Crippen molar-refractivity contribution in [1.82, 2.24) is 4.90 Å². The minimum Gasteiger partial charge on any atom is -0.382 e. The van der Waals surface area contributed by atoms with Gasteiger partial charge in [0.05, 0.1) is 4.92 Å². The van der Waals surface area contributed by atoms with E-state index >= 15 is 0 Å². The molecule has 0 unspecified atom stereocenters. The van der Waals surface area contributed by atoms with E-state index in [1.54, 1.807) is 12.1 Å². The lowest BCUT2D eigenvalue weighted by Crippen LogP contribution is -2.38. The average molecular weight is 390 g/mol. The average Bonchev–Trinajstić information content (AvgIpc) is 2.59. The maximum atomic E-state index is 10.9. The van der Waals surface area contributed by atoms with Crippen LogP contribution in [-0.4, -0.2) is 29.0 Å². The molecule has 2 aromatic rings. The molecule has 0 aliphatic carbocycles. The molecule has 3 rings (SSSR count). The van der Waals surface area contributed by atoms with Gasteiger partial charge in [0.15, 0.2) is 0 Å². The summed E-state index contributed by atoms with van der Waals surface area (Å²) in [5, 5.41) is 14.4. The number of hydrogen-bond acceptors (Lipinski definition) is 4. The summed E-state index contributed by atoms with van der Waals surface area (Å²) in [4.78, 5) is 12.9. The number of piperidine rings is 1. The van der Waals surface area contributed by atoms with E-state index in [1.807, 2.05) is 18.2 Å². The second-order valence-corrected chi connectivity index (χ2v) is 7.04. The Labute approximate surface area is 150 Å². The SMILES string of the molecule is O=[N+]([O-])c1cccc(CN2CCC(Nc3ccc(Br)cc3)CC2)c1. The molecule has 24 heavy (non-hydrogen) atoms. The lowest BCUT2D eigenvalue weighted by Gasteiger charge is -2.32. The van der Waals surface area contributed by atoms with Crippen molar-refractivity contribution < 1.29 is 4.92 Å². The summed E-state index contributed by atoms with van der Waals surface area (Å²) >= 11 is 3.45. The van der Waals surface area contributed by atoms with E-state index in [0.29, 0.717) is 6.04 Å². The molecular weight excluding hydrogens is 370 g/mol. The maximum absolute atomic E-state index is 10.9. The van der Waals surface area contributed by atoms with Crippen LogP contribution in [0.2, 0.25) is 0 Å². The van der Waals surface area contributed by atoms with Crippen LogP contribution in [0.3, 0.4) is 0 Å². The van der Waals surface area contributed by atoms with Gasteiger partial charge in [-0.25, -0.2) is 0 Å². The molecule has 1 aliphatic rings. The van der Waals surface area contributed by atoms with Gasteiger partial charge < -0.3 is 5.32 Å². The Morgan fingerprint density at radius 1 is 1.17 bits per heavy atom. The zero-order valence-electron chi connectivity index (χ0n) is 13.3. The number of nitro groups is 1. The standard InChI is InChI=1S/C18H20BrN3O2/c19-15-4-6-16(7-5-15)20-17-8-10-21(11-9-17)13-14-2-1-3-18(12-14)22(23)24/h1-7,12,17,20H,8-11,13H2. The minimum atomic E-state index is -0.335. The van der Waals surface area contributed by atoms with Gasteiger partial charge in [0, 0.05) is 48.0 Å². The summed E-state index contributed by atoms with van der Waals surface area (Å²) in [6, 6.07) is 15.7. The number of nitro benzene ring substituents is 1. The van der Waals surface area contributed by atoms with Gasteiger partial charge in [-0.3, -0.25) is 15.0 Å². The molecule has 0 saturated carbocycles. The van der Waals surface area contributed by atoms with Gasteiger partial charge in [0.1, 0.15) is 0 Å². The highest BCUT2D eigenvalue weighted by molar-refractivity contribution is 9.10. The lowest BCUT2D eigenvalue weighted by molar-refractivity contribution is -0.384. The molecule has 1 saturated heterocycles. The number of halogens is 1. The topological polar surface area (TPSA) is 58.4 Å². The molecule has 6 heteroatoms. The molecule has 1 fully saturated rings. The number of nitrogens with zero attached hydrogens (tertiary/aromatic N) is 2. The van der Waals surface area contributed by atoms with Gasteiger partial charge in [0.25, 0.3) is 5.69 Å². The van der Waals surface area contributed by atoms with Gasteiger partial charge >= 0.3 is 0 Å². The van der Waals surface area contributed by atoms with Crippen molar-refractivity contribution in [2.75, 3.05) is 18.4 Å². The summed E-state index contributed by atoms with van der Waals surface area (Å²) in [5.41, 5.74) is 2.32. The molecule has 126 valence electrons. The third kappa shape index (κ3) is 4.55. The Hall–Kier alpha value is -1.92. The van der Waals surface area contributed by atoms with Gasteiger partial charge in [-0.05, 0) is 42.7 Å². The lowest BCUT2D eigenvalue weighted by atomic mass is 10.0. The van der Waals surface area contributed by atoms with Crippen molar-refractivity contribution in [2.24, 2.45) is 0 Å². The van der Waals surface area contributed by atoms with E-state index in [-0.39, 0.29) is 10.6 Å². The predicted molar refractivity (Wildman–Crippen MR) is 99.2 cm³/mol. The maximum Gasteiger partial charge on any atom is 0.269 e. The highest BCUT2D eigenvalue weighted by atomic mass is 79.9. The van der Waals surface area contributed by atoms with E-state index in [1.165, 1.54) is 6.07 Å². The smallest absolute Gasteiger partial charge is 0.269 e. The van der Waals surface area contributed by atoms with Crippen LogP contribution in [0.25, 0.3) is 0 Å². The first-order valence-electron chi connectivity index (χ1n) is 8.08. The molecular formula is C18H20BrN3O2. The van der Waals surface area contributed by atoms with Crippen molar-refractivity contribution in [2.45, 2.75) is 25.4 Å². The third-order valence-electron chi connectivity index (χ3n) is 4.33. The molecule has 0 radical (unpaired) electrons. The number of anilines is 1. The Bertz CT molecular complexity index is 698. The monoisotopic (exact) mass is 389 g/mol. The quantitative estimate of drug-likeness (QED) is 0.606. The van der Waals surface area contributed by atoms with Crippen molar-refractivity contribution in [1.29, 1.82) is 0 Å². The van der Waals surface area contributed by atoms with Gasteiger partial charge in [-0.1, -0.05) is 28.1 Å². The molecule has 1 aliphatic heterocycles. The van der Waals surface area contributed by atoms with E-state index in [4.69, 9.17) is 0 Å². The van der Waals surface area contributed by atoms with Crippen LogP contribution in [0.15, 0.2) is 53.0 Å². The summed E-state index contributed by atoms with van der Waals surface area (Å²) in [5.74, 6) is 0. The van der Waals surface area contributed by atoms with Crippen molar-refractivity contribution in [3.8, 4) is 0 Å². The fraction of sp³-hybridized carbons (Fsp3) is 0.333. The van der Waals surface area contributed by atoms with Crippen LogP contribution in [-0.2, 0) is 6.54 Å². The normalized spacial score (nSPS) is 16.0. The van der Waals surface area contributed by atoms with E-state index in [9.17, 15) is 10.1 Å². The molecule has 5 nitrogen and oxygen atoms in total. The number of hydrogen-bond donors (Lipinski definition) is 1. The minimum absolute atomic E-state index is 0.166. The molecule has 0 aromatic heterocycles. The number of likely N-dealkylation sites (tertiary alicyclic amines) is 1. The number of rotatable bonds is 5. The molecule has 0 spiro atoms. The summed E-state index contributed by atoms with van der Waals surface area (Å²) in [6.45, 7) is 2.76. The van der Waals surface area contributed by atoms with Crippen molar-refractivity contribution in [3.05, 3.63) is 68.7 Å². The predicted octanol–water partition coefficient (Wildman–Crippen LogP) is 4.43. The van der Waals surface area contributed by atoms with Crippen LogP contribution in [0, 0.1) is 10.1 Å². The first-order valence-corrected chi connectivity index (χ1v) is 8.87.